The van der Waals surface area contributed by atoms with Crippen LogP contribution in [0.15, 0.2) is 60.7 Å². The molecule has 0 saturated heterocycles. The van der Waals surface area contributed by atoms with Crippen LogP contribution in [0, 0.1) is 18.3 Å². The molecule has 3 aromatic rings. The largest absolute Gasteiger partial charge is 0.350 e. The van der Waals surface area contributed by atoms with Crippen molar-refractivity contribution in [3.05, 3.63) is 77.6 Å². The van der Waals surface area contributed by atoms with Gasteiger partial charge >= 0.3 is 0 Å². The molecule has 0 amide bonds. The molecule has 0 aliphatic carbocycles. The summed E-state index contributed by atoms with van der Waals surface area (Å²) in [4.78, 5) is 11.4. The summed E-state index contributed by atoms with van der Waals surface area (Å²) in [6.07, 6.45) is 0. The molecule has 136 valence electrons. The Morgan fingerprint density at radius 1 is 1.04 bits per heavy atom. The first-order valence-electron chi connectivity index (χ1n) is 8.98. The van der Waals surface area contributed by atoms with Crippen LogP contribution >= 0.6 is 0 Å². The van der Waals surface area contributed by atoms with E-state index in [1.54, 1.807) is 12.1 Å². The van der Waals surface area contributed by atoms with Gasteiger partial charge in [0.2, 0.25) is 0 Å². The van der Waals surface area contributed by atoms with Crippen LogP contribution in [-0.4, -0.2) is 16.0 Å². The Morgan fingerprint density at radius 3 is 2.52 bits per heavy atom. The highest BCUT2D eigenvalue weighted by atomic mass is 15.2. The van der Waals surface area contributed by atoms with Gasteiger partial charge < -0.3 is 10.2 Å². The molecule has 0 fully saturated rings. The highest BCUT2D eigenvalue weighted by molar-refractivity contribution is 5.61. The zero-order valence-corrected chi connectivity index (χ0v) is 15.8. The van der Waals surface area contributed by atoms with Gasteiger partial charge in [-0.25, -0.2) is 9.97 Å². The number of anilines is 3. The van der Waals surface area contributed by atoms with Crippen molar-refractivity contribution in [1.82, 2.24) is 9.97 Å². The fourth-order valence-electron chi connectivity index (χ4n) is 2.89. The van der Waals surface area contributed by atoms with E-state index in [-0.39, 0.29) is 6.04 Å². The number of nitrogens with zero attached hydrogens (tertiary/aromatic N) is 4. The third kappa shape index (κ3) is 4.83. The lowest BCUT2D eigenvalue weighted by Gasteiger charge is -2.28. The van der Waals surface area contributed by atoms with E-state index < -0.39 is 0 Å². The van der Waals surface area contributed by atoms with Crippen LogP contribution in [0.2, 0.25) is 0 Å². The molecule has 1 N–H and O–H groups in total. The van der Waals surface area contributed by atoms with Crippen LogP contribution in [0.25, 0.3) is 0 Å². The van der Waals surface area contributed by atoms with Gasteiger partial charge in [-0.15, -0.1) is 0 Å². The van der Waals surface area contributed by atoms with Gasteiger partial charge in [0.05, 0.1) is 11.6 Å². The maximum Gasteiger partial charge on any atom is 0.136 e. The lowest BCUT2D eigenvalue weighted by Crippen LogP contribution is -2.31. The first-order chi connectivity index (χ1) is 13.0. The Morgan fingerprint density at radius 2 is 1.81 bits per heavy atom. The summed E-state index contributed by atoms with van der Waals surface area (Å²) in [6, 6.07) is 22.1. The van der Waals surface area contributed by atoms with Crippen molar-refractivity contribution >= 4 is 17.3 Å². The molecule has 5 nitrogen and oxygen atoms in total. The van der Waals surface area contributed by atoms with Crippen LogP contribution in [0.4, 0.5) is 17.3 Å². The van der Waals surface area contributed by atoms with Crippen LogP contribution < -0.4 is 10.2 Å². The standard InChI is InChI=1S/C22H23N5/c1-16(2)27(15-18-8-5-4-6-9-18)22-13-21(24-17(3)25-22)26-20-11-7-10-19(12-20)14-23/h4-13,16H,15H2,1-3H3,(H,24,25,26). The summed E-state index contributed by atoms with van der Waals surface area (Å²) in [5.41, 5.74) is 2.68. The highest BCUT2D eigenvalue weighted by Gasteiger charge is 2.15. The average Bonchev–Trinajstić information content (AvgIpc) is 2.66. The molecular formula is C22H23N5. The summed E-state index contributed by atoms with van der Waals surface area (Å²) in [5.74, 6) is 2.29. The first-order valence-corrected chi connectivity index (χ1v) is 8.98. The summed E-state index contributed by atoms with van der Waals surface area (Å²) in [6.45, 7) is 6.98. The van der Waals surface area contributed by atoms with Crippen molar-refractivity contribution < 1.29 is 0 Å². The molecule has 0 spiro atoms. The van der Waals surface area contributed by atoms with Gasteiger partial charge in [-0.2, -0.15) is 5.26 Å². The second kappa shape index (κ2) is 8.33. The maximum absolute atomic E-state index is 9.08. The number of hydrogen-bond acceptors (Lipinski definition) is 5. The minimum atomic E-state index is 0.286. The van der Waals surface area contributed by atoms with Gasteiger partial charge in [0.25, 0.3) is 0 Å². The number of rotatable bonds is 6. The van der Waals surface area contributed by atoms with Crippen molar-refractivity contribution in [3.63, 3.8) is 0 Å². The van der Waals surface area contributed by atoms with Crippen molar-refractivity contribution in [2.45, 2.75) is 33.4 Å². The maximum atomic E-state index is 9.08. The Balaban J connectivity index is 1.89. The number of benzene rings is 2. The molecule has 1 aromatic heterocycles. The molecule has 1 heterocycles. The molecule has 0 aliphatic rings. The molecule has 2 aromatic carbocycles. The third-order valence-electron chi connectivity index (χ3n) is 4.20. The van der Waals surface area contributed by atoms with Crippen molar-refractivity contribution in [2.24, 2.45) is 0 Å². The number of aromatic nitrogens is 2. The smallest absolute Gasteiger partial charge is 0.136 e. The number of aryl methyl sites for hydroxylation is 1. The minimum Gasteiger partial charge on any atom is -0.350 e. The van der Waals surface area contributed by atoms with E-state index in [1.165, 1.54) is 5.56 Å². The minimum absolute atomic E-state index is 0.286. The van der Waals surface area contributed by atoms with Gasteiger partial charge in [-0.05, 0) is 44.5 Å². The molecule has 0 unspecified atom stereocenters. The zero-order chi connectivity index (χ0) is 19.2. The summed E-state index contributed by atoms with van der Waals surface area (Å²) >= 11 is 0. The van der Waals surface area contributed by atoms with Crippen LogP contribution in [-0.2, 0) is 6.54 Å². The summed E-state index contributed by atoms with van der Waals surface area (Å²) in [5, 5.41) is 12.4. The Bertz CT molecular complexity index is 944. The fourth-order valence-corrected chi connectivity index (χ4v) is 2.89. The summed E-state index contributed by atoms with van der Waals surface area (Å²) < 4.78 is 0. The number of nitrogens with one attached hydrogen (secondary N) is 1. The van der Waals surface area contributed by atoms with Crippen molar-refractivity contribution in [1.29, 1.82) is 5.26 Å². The van der Waals surface area contributed by atoms with E-state index in [9.17, 15) is 0 Å². The first kappa shape index (κ1) is 18.4. The molecule has 0 atom stereocenters. The topological polar surface area (TPSA) is 64.8 Å². The molecule has 0 radical (unpaired) electrons. The molecule has 0 aliphatic heterocycles. The molecule has 5 heteroatoms. The fraction of sp³-hybridized carbons (Fsp3) is 0.227. The van der Waals surface area contributed by atoms with E-state index in [2.05, 4.69) is 52.2 Å². The van der Waals surface area contributed by atoms with Gasteiger partial charge in [0, 0.05) is 24.3 Å². The Labute approximate surface area is 160 Å². The quantitative estimate of drug-likeness (QED) is 0.685. The van der Waals surface area contributed by atoms with Crippen LogP contribution in [0.3, 0.4) is 0 Å². The van der Waals surface area contributed by atoms with E-state index in [0.29, 0.717) is 17.2 Å². The second-order valence-electron chi connectivity index (χ2n) is 6.68. The highest BCUT2D eigenvalue weighted by Crippen LogP contribution is 2.23. The number of hydrogen-bond donors (Lipinski definition) is 1. The predicted molar refractivity (Wildman–Crippen MR) is 109 cm³/mol. The zero-order valence-electron chi connectivity index (χ0n) is 15.8. The Kier molecular flexibility index (Phi) is 5.68. The molecular weight excluding hydrogens is 334 g/mol. The van der Waals surface area contributed by atoms with Gasteiger partial charge in [-0.3, -0.25) is 0 Å². The average molecular weight is 357 g/mol. The lowest BCUT2D eigenvalue weighted by molar-refractivity contribution is 0.670. The predicted octanol–water partition coefficient (Wildman–Crippen LogP) is 4.82. The molecule has 27 heavy (non-hydrogen) atoms. The van der Waals surface area contributed by atoms with E-state index in [4.69, 9.17) is 5.26 Å². The van der Waals surface area contributed by atoms with E-state index >= 15 is 0 Å². The molecule has 3 rings (SSSR count). The van der Waals surface area contributed by atoms with E-state index in [1.807, 2.05) is 43.3 Å². The second-order valence-corrected chi connectivity index (χ2v) is 6.68. The van der Waals surface area contributed by atoms with Crippen molar-refractivity contribution in [3.8, 4) is 6.07 Å². The van der Waals surface area contributed by atoms with Gasteiger partial charge in [-0.1, -0.05) is 36.4 Å². The van der Waals surface area contributed by atoms with Crippen molar-refractivity contribution in [2.75, 3.05) is 10.2 Å². The third-order valence-corrected chi connectivity index (χ3v) is 4.20. The normalized spacial score (nSPS) is 10.5. The summed E-state index contributed by atoms with van der Waals surface area (Å²) in [7, 11) is 0. The molecule has 0 bridgehead atoms. The van der Waals surface area contributed by atoms with E-state index in [0.717, 1.165) is 18.1 Å². The monoisotopic (exact) mass is 357 g/mol. The van der Waals surface area contributed by atoms with Gasteiger partial charge in [0.1, 0.15) is 17.5 Å². The SMILES string of the molecule is Cc1nc(Nc2cccc(C#N)c2)cc(N(Cc2ccccc2)C(C)C)n1. The lowest BCUT2D eigenvalue weighted by atomic mass is 10.2. The van der Waals surface area contributed by atoms with Gasteiger partial charge in [0.15, 0.2) is 0 Å². The number of nitriles is 1. The van der Waals surface area contributed by atoms with Crippen LogP contribution in [0.5, 0.6) is 0 Å². The molecule has 0 saturated carbocycles. The van der Waals surface area contributed by atoms with Crippen LogP contribution in [0.1, 0.15) is 30.8 Å². The Hall–Kier alpha value is -3.39.